The van der Waals surface area contributed by atoms with Crippen LogP contribution in [-0.2, 0) is 14.8 Å². The Bertz CT molecular complexity index is 979. The van der Waals surface area contributed by atoms with Gasteiger partial charge in [-0.25, -0.2) is 12.7 Å². The van der Waals surface area contributed by atoms with Crippen LogP contribution < -0.4 is 18.5 Å². The maximum absolute atomic E-state index is 12.3. The first-order valence-corrected chi connectivity index (χ1v) is 9.66. The van der Waals surface area contributed by atoms with E-state index in [0.717, 1.165) is 11.2 Å². The molecule has 0 spiro atoms. The van der Waals surface area contributed by atoms with Crippen molar-refractivity contribution in [3.8, 4) is 34.3 Å². The van der Waals surface area contributed by atoms with Crippen molar-refractivity contribution in [1.29, 1.82) is 0 Å². The lowest BCUT2D eigenvalue weighted by molar-refractivity contribution is -0.132. The van der Waals surface area contributed by atoms with Crippen molar-refractivity contribution in [2.45, 2.75) is 13.3 Å². The second-order valence-corrected chi connectivity index (χ2v) is 7.83. The second kappa shape index (κ2) is 7.03. The average Bonchev–Trinajstić information content (AvgIpc) is 3.13. The van der Waals surface area contributed by atoms with Crippen LogP contribution in [0.5, 0.6) is 23.0 Å². The molecule has 2 heterocycles. The van der Waals surface area contributed by atoms with Crippen molar-refractivity contribution in [1.82, 2.24) is 0 Å². The predicted octanol–water partition coefficient (Wildman–Crippen LogP) is 2.13. The number of carbonyl (C=O) groups is 1. The quantitative estimate of drug-likeness (QED) is 0.763. The molecule has 0 unspecified atom stereocenters. The number of methoxy groups -OCH3 is 2. The maximum Gasteiger partial charge on any atom is 0.308 e. The fourth-order valence-corrected chi connectivity index (χ4v) is 4.33. The Labute approximate surface area is 156 Å². The number of carbonyl (C=O) groups excluding carboxylic acids is 1. The van der Waals surface area contributed by atoms with E-state index in [1.165, 1.54) is 14.2 Å². The Morgan fingerprint density at radius 1 is 1.26 bits per heavy atom. The van der Waals surface area contributed by atoms with Gasteiger partial charge in [0.2, 0.25) is 21.5 Å². The Kier molecular flexibility index (Phi) is 4.92. The van der Waals surface area contributed by atoms with Gasteiger partial charge < -0.3 is 23.7 Å². The Morgan fingerprint density at radius 3 is 2.56 bits per heavy atom. The molecule has 27 heavy (non-hydrogen) atoms. The normalized spacial score (nSPS) is 15.6. The predicted molar refractivity (Wildman–Crippen MR) is 96.0 cm³/mol. The Morgan fingerprint density at radius 2 is 2.00 bits per heavy atom. The smallest absolute Gasteiger partial charge is 0.308 e. The lowest BCUT2D eigenvalue weighted by atomic mass is 10.1. The summed E-state index contributed by atoms with van der Waals surface area (Å²) in [6.45, 7) is 1.29. The molecule has 0 amide bonds. The van der Waals surface area contributed by atoms with Gasteiger partial charge in [0.15, 0.2) is 5.76 Å². The molecule has 0 radical (unpaired) electrons. The molecule has 10 heteroatoms. The first kappa shape index (κ1) is 18.9. The molecule has 1 fully saturated rings. The standard InChI is InChI=1S/C17H19NO8S/c1-10(19)25-16-14(20)15(12-9-11(23-2)5-6-13(12)24-3)26-17(16)18-7-4-8-27(18,21)22/h5-6,9,20H,4,7-8H2,1-3H3. The zero-order chi connectivity index (χ0) is 19.8. The molecule has 3 rings (SSSR count). The van der Waals surface area contributed by atoms with Gasteiger partial charge in [0, 0.05) is 13.5 Å². The first-order valence-electron chi connectivity index (χ1n) is 8.05. The van der Waals surface area contributed by atoms with Crippen molar-refractivity contribution in [2.24, 2.45) is 0 Å². The molecule has 146 valence electrons. The average molecular weight is 397 g/mol. The summed E-state index contributed by atoms with van der Waals surface area (Å²) in [5.41, 5.74) is 0.311. The molecule has 0 saturated carbocycles. The van der Waals surface area contributed by atoms with E-state index in [4.69, 9.17) is 18.6 Å². The molecular weight excluding hydrogens is 378 g/mol. The van der Waals surface area contributed by atoms with Crippen molar-refractivity contribution in [3.63, 3.8) is 0 Å². The van der Waals surface area contributed by atoms with Crippen LogP contribution in [0.4, 0.5) is 5.88 Å². The van der Waals surface area contributed by atoms with Crippen molar-refractivity contribution in [2.75, 3.05) is 30.8 Å². The number of anilines is 1. The molecule has 0 aliphatic carbocycles. The van der Waals surface area contributed by atoms with E-state index in [1.54, 1.807) is 18.2 Å². The lowest BCUT2D eigenvalue weighted by Crippen LogP contribution is -2.25. The molecule has 1 N–H and O–H groups in total. The van der Waals surface area contributed by atoms with Gasteiger partial charge in [0.25, 0.3) is 5.88 Å². The molecule has 1 aromatic carbocycles. The highest BCUT2D eigenvalue weighted by Crippen LogP contribution is 2.51. The molecule has 1 aromatic heterocycles. The number of rotatable bonds is 5. The molecule has 1 aliphatic heterocycles. The number of hydrogen-bond donors (Lipinski definition) is 1. The summed E-state index contributed by atoms with van der Waals surface area (Å²) < 4.78 is 46.7. The fourth-order valence-electron chi connectivity index (χ4n) is 2.84. The molecule has 9 nitrogen and oxygen atoms in total. The van der Waals surface area contributed by atoms with Gasteiger partial charge in [-0.15, -0.1) is 0 Å². The van der Waals surface area contributed by atoms with Crippen LogP contribution >= 0.6 is 0 Å². The van der Waals surface area contributed by atoms with E-state index in [0.29, 0.717) is 23.5 Å². The number of ether oxygens (including phenoxy) is 3. The molecule has 0 bridgehead atoms. The summed E-state index contributed by atoms with van der Waals surface area (Å²) in [5, 5.41) is 10.6. The zero-order valence-corrected chi connectivity index (χ0v) is 15.8. The van der Waals surface area contributed by atoms with Crippen LogP contribution in [0.15, 0.2) is 22.6 Å². The molecular formula is C17H19NO8S. The fraction of sp³-hybridized carbons (Fsp3) is 0.353. The van der Waals surface area contributed by atoms with E-state index in [2.05, 4.69) is 0 Å². The SMILES string of the molecule is COc1ccc(OC)c(-c2oc(N3CCCS3(=O)=O)c(OC(C)=O)c2O)c1. The van der Waals surface area contributed by atoms with E-state index in [9.17, 15) is 18.3 Å². The minimum Gasteiger partial charge on any atom is -0.502 e. The van der Waals surface area contributed by atoms with E-state index in [1.807, 2.05) is 0 Å². The number of esters is 1. The molecule has 2 aromatic rings. The molecule has 1 aliphatic rings. The third-order valence-corrected chi connectivity index (χ3v) is 5.87. The minimum atomic E-state index is -3.63. The summed E-state index contributed by atoms with van der Waals surface area (Å²) in [4.78, 5) is 11.5. The largest absolute Gasteiger partial charge is 0.502 e. The van der Waals surface area contributed by atoms with Gasteiger partial charge in [0.1, 0.15) is 11.5 Å². The van der Waals surface area contributed by atoms with E-state index >= 15 is 0 Å². The van der Waals surface area contributed by atoms with Crippen LogP contribution in [0.25, 0.3) is 11.3 Å². The summed E-state index contributed by atoms with van der Waals surface area (Å²) in [6, 6.07) is 4.81. The van der Waals surface area contributed by atoms with Crippen LogP contribution in [0, 0.1) is 0 Å². The Balaban J connectivity index is 2.23. The van der Waals surface area contributed by atoms with Crippen LogP contribution in [0.2, 0.25) is 0 Å². The Hall–Kier alpha value is -2.88. The van der Waals surface area contributed by atoms with Gasteiger partial charge >= 0.3 is 5.97 Å². The number of sulfonamides is 1. The van der Waals surface area contributed by atoms with Crippen molar-refractivity contribution < 1.29 is 36.9 Å². The van der Waals surface area contributed by atoms with E-state index in [-0.39, 0.29) is 29.7 Å². The van der Waals surface area contributed by atoms with Crippen molar-refractivity contribution >= 4 is 21.9 Å². The van der Waals surface area contributed by atoms with Gasteiger partial charge in [-0.2, -0.15) is 0 Å². The highest BCUT2D eigenvalue weighted by molar-refractivity contribution is 7.93. The summed E-state index contributed by atoms with van der Waals surface area (Å²) in [5.74, 6) is -1.18. The first-order chi connectivity index (χ1) is 12.8. The maximum atomic E-state index is 12.3. The number of hydrogen-bond acceptors (Lipinski definition) is 8. The van der Waals surface area contributed by atoms with E-state index < -0.39 is 21.7 Å². The van der Waals surface area contributed by atoms with Gasteiger partial charge in [-0.1, -0.05) is 0 Å². The van der Waals surface area contributed by atoms with Crippen LogP contribution in [0.1, 0.15) is 13.3 Å². The lowest BCUT2D eigenvalue weighted by Gasteiger charge is -2.14. The highest BCUT2D eigenvalue weighted by atomic mass is 32.2. The summed E-state index contributed by atoms with van der Waals surface area (Å²) in [6.07, 6.45) is 0.390. The van der Waals surface area contributed by atoms with Crippen molar-refractivity contribution in [3.05, 3.63) is 18.2 Å². The summed E-state index contributed by atoms with van der Waals surface area (Å²) >= 11 is 0. The zero-order valence-electron chi connectivity index (χ0n) is 15.0. The number of aromatic hydroxyl groups is 1. The number of nitrogens with zero attached hydrogens (tertiary/aromatic N) is 1. The number of benzene rings is 1. The second-order valence-electron chi connectivity index (χ2n) is 5.82. The topological polar surface area (TPSA) is 116 Å². The van der Waals surface area contributed by atoms with Gasteiger partial charge in [-0.3, -0.25) is 4.79 Å². The van der Waals surface area contributed by atoms with Crippen LogP contribution in [-0.4, -0.2) is 46.0 Å². The summed E-state index contributed by atoms with van der Waals surface area (Å²) in [7, 11) is -0.724. The van der Waals surface area contributed by atoms with Gasteiger partial charge in [0.05, 0.1) is 25.5 Å². The monoisotopic (exact) mass is 397 g/mol. The van der Waals surface area contributed by atoms with Gasteiger partial charge in [-0.05, 0) is 24.6 Å². The number of furan rings is 1. The third kappa shape index (κ3) is 3.39. The minimum absolute atomic E-state index is 0.0637. The highest BCUT2D eigenvalue weighted by Gasteiger charge is 2.37. The van der Waals surface area contributed by atoms with Crippen LogP contribution in [0.3, 0.4) is 0 Å². The molecule has 0 atom stereocenters. The third-order valence-electron chi connectivity index (χ3n) is 4.05. The molecule has 1 saturated heterocycles.